The van der Waals surface area contributed by atoms with Crippen molar-refractivity contribution in [3.63, 3.8) is 0 Å². The van der Waals surface area contributed by atoms with Gasteiger partial charge in [0, 0.05) is 11.6 Å². The van der Waals surface area contributed by atoms with Crippen LogP contribution in [0.25, 0.3) is 23.0 Å². The molecule has 0 spiro atoms. The van der Waals surface area contributed by atoms with E-state index in [1.54, 1.807) is 18.2 Å². The SMILES string of the molecule is Cc1ccccc1Cn1nc(-c2nc(-c3ccc(F)cc3)no2)ccc1=O. The number of rotatable bonds is 4. The molecule has 2 aromatic carbocycles. The Hall–Kier alpha value is -3.61. The van der Waals surface area contributed by atoms with Crippen LogP contribution in [0.3, 0.4) is 0 Å². The van der Waals surface area contributed by atoms with Crippen LogP contribution in [0.15, 0.2) is 70.0 Å². The Morgan fingerprint density at radius 3 is 2.59 bits per heavy atom. The van der Waals surface area contributed by atoms with Crippen molar-refractivity contribution >= 4 is 0 Å². The molecule has 0 radical (unpaired) electrons. The molecule has 0 saturated heterocycles. The van der Waals surface area contributed by atoms with Gasteiger partial charge in [-0.3, -0.25) is 4.79 Å². The maximum Gasteiger partial charge on any atom is 0.278 e. The quantitative estimate of drug-likeness (QED) is 0.556. The van der Waals surface area contributed by atoms with Gasteiger partial charge in [0.25, 0.3) is 11.4 Å². The molecule has 0 unspecified atom stereocenters. The highest BCUT2D eigenvalue weighted by Crippen LogP contribution is 2.20. The summed E-state index contributed by atoms with van der Waals surface area (Å²) < 4.78 is 19.7. The molecule has 0 saturated carbocycles. The second kappa shape index (κ2) is 6.95. The predicted molar refractivity (Wildman–Crippen MR) is 97.5 cm³/mol. The van der Waals surface area contributed by atoms with Gasteiger partial charge >= 0.3 is 0 Å². The van der Waals surface area contributed by atoms with E-state index >= 15 is 0 Å². The second-order valence-electron chi connectivity index (χ2n) is 6.07. The van der Waals surface area contributed by atoms with Crippen molar-refractivity contribution in [2.75, 3.05) is 0 Å². The molecule has 0 aliphatic heterocycles. The number of halogens is 1. The number of hydrogen-bond acceptors (Lipinski definition) is 5. The van der Waals surface area contributed by atoms with Crippen LogP contribution in [0.5, 0.6) is 0 Å². The molecule has 6 nitrogen and oxygen atoms in total. The monoisotopic (exact) mass is 362 g/mol. The Kier molecular flexibility index (Phi) is 4.33. The van der Waals surface area contributed by atoms with Crippen molar-refractivity contribution in [1.82, 2.24) is 19.9 Å². The van der Waals surface area contributed by atoms with Gasteiger partial charge in [-0.05, 0) is 48.4 Å². The topological polar surface area (TPSA) is 73.8 Å². The van der Waals surface area contributed by atoms with Crippen LogP contribution in [0, 0.1) is 12.7 Å². The first-order valence-electron chi connectivity index (χ1n) is 8.33. The van der Waals surface area contributed by atoms with Gasteiger partial charge in [0.05, 0.1) is 6.54 Å². The van der Waals surface area contributed by atoms with Gasteiger partial charge in [0.1, 0.15) is 11.5 Å². The number of hydrogen-bond donors (Lipinski definition) is 0. The first-order valence-corrected chi connectivity index (χ1v) is 8.33. The van der Waals surface area contributed by atoms with Crippen molar-refractivity contribution < 1.29 is 8.91 Å². The lowest BCUT2D eigenvalue weighted by Gasteiger charge is -2.07. The van der Waals surface area contributed by atoms with E-state index in [9.17, 15) is 9.18 Å². The lowest BCUT2D eigenvalue weighted by molar-refractivity contribution is 0.429. The minimum atomic E-state index is -0.340. The third kappa shape index (κ3) is 3.52. The molecule has 4 aromatic rings. The van der Waals surface area contributed by atoms with Crippen LogP contribution in [0.1, 0.15) is 11.1 Å². The minimum Gasteiger partial charge on any atom is -0.332 e. The van der Waals surface area contributed by atoms with E-state index in [-0.39, 0.29) is 17.3 Å². The maximum absolute atomic E-state index is 13.1. The standard InChI is InChI=1S/C20H15FN4O2/c1-13-4-2-3-5-15(13)12-25-18(26)11-10-17(23-25)20-22-19(24-27-20)14-6-8-16(21)9-7-14/h2-11H,12H2,1H3. The van der Waals surface area contributed by atoms with Gasteiger partial charge in [-0.1, -0.05) is 29.4 Å². The summed E-state index contributed by atoms with van der Waals surface area (Å²) in [5, 5.41) is 8.25. The highest BCUT2D eigenvalue weighted by molar-refractivity contribution is 5.57. The summed E-state index contributed by atoms with van der Waals surface area (Å²) in [4.78, 5) is 16.5. The molecule has 134 valence electrons. The summed E-state index contributed by atoms with van der Waals surface area (Å²) in [5.74, 6) is 0.170. The van der Waals surface area contributed by atoms with Gasteiger partial charge < -0.3 is 4.52 Å². The lowest BCUT2D eigenvalue weighted by Crippen LogP contribution is -2.23. The first-order chi connectivity index (χ1) is 13.1. The highest BCUT2D eigenvalue weighted by Gasteiger charge is 2.13. The molecule has 0 aliphatic carbocycles. The van der Waals surface area contributed by atoms with Gasteiger partial charge in [0.2, 0.25) is 5.82 Å². The van der Waals surface area contributed by atoms with Crippen molar-refractivity contribution in [2.24, 2.45) is 0 Å². The van der Waals surface area contributed by atoms with Crippen molar-refractivity contribution in [2.45, 2.75) is 13.5 Å². The normalized spacial score (nSPS) is 10.9. The Morgan fingerprint density at radius 2 is 1.81 bits per heavy atom. The average Bonchev–Trinajstić information content (AvgIpc) is 3.16. The fourth-order valence-electron chi connectivity index (χ4n) is 2.67. The van der Waals surface area contributed by atoms with E-state index in [4.69, 9.17) is 4.52 Å². The molecule has 0 aliphatic rings. The molecule has 0 bridgehead atoms. The van der Waals surface area contributed by atoms with Crippen LogP contribution in [0.2, 0.25) is 0 Å². The smallest absolute Gasteiger partial charge is 0.278 e. The van der Waals surface area contributed by atoms with Gasteiger partial charge in [0.15, 0.2) is 0 Å². The molecule has 4 rings (SSSR count). The van der Waals surface area contributed by atoms with Gasteiger partial charge in [-0.2, -0.15) is 10.1 Å². The van der Waals surface area contributed by atoms with E-state index in [0.29, 0.717) is 23.6 Å². The molecular formula is C20H15FN4O2. The molecule has 0 atom stereocenters. The van der Waals surface area contributed by atoms with Crippen molar-refractivity contribution in [1.29, 1.82) is 0 Å². The van der Waals surface area contributed by atoms with Crippen LogP contribution < -0.4 is 5.56 Å². The summed E-state index contributed by atoms with van der Waals surface area (Å²) in [6.07, 6.45) is 0. The molecule has 0 N–H and O–H groups in total. The maximum atomic E-state index is 13.1. The lowest BCUT2D eigenvalue weighted by atomic mass is 10.1. The van der Waals surface area contributed by atoms with E-state index in [2.05, 4.69) is 15.2 Å². The summed E-state index contributed by atoms with van der Waals surface area (Å²) in [5.41, 5.74) is 2.87. The first kappa shape index (κ1) is 16.8. The summed E-state index contributed by atoms with van der Waals surface area (Å²) in [7, 11) is 0. The molecule has 7 heteroatoms. The fraction of sp³-hybridized carbons (Fsp3) is 0.100. The van der Waals surface area contributed by atoms with Gasteiger partial charge in [-0.15, -0.1) is 0 Å². The molecule has 2 heterocycles. The average molecular weight is 362 g/mol. The van der Waals surface area contributed by atoms with Crippen LogP contribution >= 0.6 is 0 Å². The third-order valence-corrected chi connectivity index (χ3v) is 4.20. The van der Waals surface area contributed by atoms with Crippen molar-refractivity contribution in [3.05, 3.63) is 88.0 Å². The Morgan fingerprint density at radius 1 is 1.04 bits per heavy atom. The zero-order valence-electron chi connectivity index (χ0n) is 14.5. The van der Waals surface area contributed by atoms with Gasteiger partial charge in [-0.25, -0.2) is 9.07 Å². The molecular weight excluding hydrogens is 347 g/mol. The third-order valence-electron chi connectivity index (χ3n) is 4.20. The molecule has 0 amide bonds. The van der Waals surface area contributed by atoms with E-state index < -0.39 is 0 Å². The zero-order chi connectivity index (χ0) is 18.8. The van der Waals surface area contributed by atoms with E-state index in [1.807, 2.05) is 31.2 Å². The Bertz CT molecular complexity index is 1150. The summed E-state index contributed by atoms with van der Waals surface area (Å²) >= 11 is 0. The van der Waals surface area contributed by atoms with Crippen molar-refractivity contribution in [3.8, 4) is 23.0 Å². The largest absolute Gasteiger partial charge is 0.332 e. The van der Waals surface area contributed by atoms with E-state index in [0.717, 1.165) is 11.1 Å². The Labute approximate surface area is 153 Å². The number of aryl methyl sites for hydroxylation is 1. The second-order valence-corrected chi connectivity index (χ2v) is 6.07. The van der Waals surface area contributed by atoms with E-state index in [1.165, 1.54) is 22.9 Å². The number of aromatic nitrogens is 4. The Balaban J connectivity index is 1.66. The minimum absolute atomic E-state index is 0.188. The number of benzene rings is 2. The van der Waals surface area contributed by atoms with Crippen LogP contribution in [0.4, 0.5) is 4.39 Å². The summed E-state index contributed by atoms with van der Waals surface area (Å²) in [6, 6.07) is 16.5. The molecule has 2 aromatic heterocycles. The molecule has 0 fully saturated rings. The van der Waals surface area contributed by atoms with Crippen LogP contribution in [-0.2, 0) is 6.54 Å². The fourth-order valence-corrected chi connectivity index (χ4v) is 2.67. The predicted octanol–water partition coefficient (Wildman–Crippen LogP) is 3.46. The number of nitrogens with zero attached hydrogens (tertiary/aromatic N) is 4. The summed E-state index contributed by atoms with van der Waals surface area (Å²) in [6.45, 7) is 2.33. The highest BCUT2D eigenvalue weighted by atomic mass is 19.1. The molecule has 27 heavy (non-hydrogen) atoms. The zero-order valence-corrected chi connectivity index (χ0v) is 14.5. The van der Waals surface area contributed by atoms with Crippen LogP contribution in [-0.4, -0.2) is 19.9 Å².